The minimum Gasteiger partial charge on any atom is -0.359 e. The Balaban J connectivity index is 1.90. The average Bonchev–Trinajstić information content (AvgIpc) is 2.91. The van der Waals surface area contributed by atoms with E-state index >= 15 is 0 Å². The molecular weight excluding hydrogens is 366 g/mol. The molecule has 0 aliphatic carbocycles. The van der Waals surface area contributed by atoms with Gasteiger partial charge in [-0.1, -0.05) is 30.3 Å². The first-order valence-corrected chi connectivity index (χ1v) is 8.40. The van der Waals surface area contributed by atoms with E-state index in [2.05, 4.69) is 0 Å². The Hall–Kier alpha value is -3.58. The lowest BCUT2D eigenvalue weighted by Crippen LogP contribution is -2.47. The topological polar surface area (TPSA) is 60.9 Å². The first-order valence-electron chi connectivity index (χ1n) is 8.40. The van der Waals surface area contributed by atoms with Crippen molar-refractivity contribution < 1.29 is 23.5 Å². The van der Waals surface area contributed by atoms with Gasteiger partial charge in [-0.15, -0.1) is 0 Å². The minimum absolute atomic E-state index is 0.107. The molecule has 3 aromatic carbocycles. The standard InChI is InChI=1S/C21H14F2N2O3/c22-15-6-10-17(11-7-15)24-19(26)21(28,14-4-2-1-3-5-14)25(20(24)27)18-12-8-16(23)9-13-18/h1-13,28H. The molecule has 4 rings (SSSR count). The summed E-state index contributed by atoms with van der Waals surface area (Å²) in [7, 11) is 0. The summed E-state index contributed by atoms with van der Waals surface area (Å²) in [6.45, 7) is 0. The Morgan fingerprint density at radius 1 is 0.714 bits per heavy atom. The highest BCUT2D eigenvalue weighted by atomic mass is 19.1. The molecular formula is C21H14F2N2O3. The lowest BCUT2D eigenvalue weighted by atomic mass is 10.0. The Kier molecular flexibility index (Phi) is 4.16. The fraction of sp³-hybridized carbons (Fsp3) is 0.0476. The van der Waals surface area contributed by atoms with Crippen molar-refractivity contribution in [2.75, 3.05) is 9.80 Å². The van der Waals surface area contributed by atoms with E-state index in [4.69, 9.17) is 0 Å². The molecule has 1 N–H and O–H groups in total. The Morgan fingerprint density at radius 2 is 1.21 bits per heavy atom. The van der Waals surface area contributed by atoms with Crippen LogP contribution in [0.25, 0.3) is 0 Å². The lowest BCUT2D eigenvalue weighted by Gasteiger charge is -2.30. The molecule has 1 heterocycles. The van der Waals surface area contributed by atoms with Gasteiger partial charge in [0.15, 0.2) is 0 Å². The summed E-state index contributed by atoms with van der Waals surface area (Å²) in [6, 6.07) is 16.7. The van der Waals surface area contributed by atoms with Gasteiger partial charge in [0.25, 0.3) is 11.6 Å². The Bertz CT molecular complexity index is 1040. The van der Waals surface area contributed by atoms with Crippen molar-refractivity contribution in [3.05, 3.63) is 96.1 Å². The molecule has 3 aromatic rings. The number of imide groups is 1. The molecule has 1 aliphatic heterocycles. The number of hydrogen-bond donors (Lipinski definition) is 1. The molecule has 1 atom stereocenters. The highest BCUT2D eigenvalue weighted by Crippen LogP contribution is 2.41. The van der Waals surface area contributed by atoms with E-state index in [1.54, 1.807) is 18.2 Å². The number of rotatable bonds is 3. The summed E-state index contributed by atoms with van der Waals surface area (Å²) < 4.78 is 26.6. The van der Waals surface area contributed by atoms with Gasteiger partial charge in [-0.2, -0.15) is 0 Å². The van der Waals surface area contributed by atoms with E-state index in [0.717, 1.165) is 34.1 Å². The number of nitrogens with zero attached hydrogens (tertiary/aromatic N) is 2. The number of anilines is 2. The molecule has 0 saturated carbocycles. The summed E-state index contributed by atoms with van der Waals surface area (Å²) in [5, 5.41) is 11.4. The number of carbonyl (C=O) groups excluding carboxylic acids is 2. The molecule has 1 unspecified atom stereocenters. The molecule has 5 nitrogen and oxygen atoms in total. The van der Waals surface area contributed by atoms with Crippen LogP contribution in [-0.2, 0) is 10.5 Å². The maximum atomic E-state index is 13.4. The SMILES string of the molecule is O=C1N(c2ccc(F)cc2)C(=O)C(O)(c2ccccc2)N1c1ccc(F)cc1. The van der Waals surface area contributed by atoms with Gasteiger partial charge in [-0.3, -0.25) is 9.69 Å². The third kappa shape index (κ3) is 2.64. The number of aliphatic hydroxyl groups is 1. The second-order valence-corrected chi connectivity index (χ2v) is 6.25. The van der Waals surface area contributed by atoms with Crippen LogP contribution in [0, 0.1) is 11.6 Å². The second-order valence-electron chi connectivity index (χ2n) is 6.25. The molecule has 140 valence electrons. The van der Waals surface area contributed by atoms with Gasteiger partial charge in [0, 0.05) is 11.3 Å². The van der Waals surface area contributed by atoms with Crippen LogP contribution in [0.5, 0.6) is 0 Å². The van der Waals surface area contributed by atoms with Gasteiger partial charge in [0.1, 0.15) is 11.6 Å². The summed E-state index contributed by atoms with van der Waals surface area (Å²) in [5.74, 6) is -1.98. The van der Waals surface area contributed by atoms with Crippen LogP contribution in [0.15, 0.2) is 78.9 Å². The van der Waals surface area contributed by atoms with E-state index in [0.29, 0.717) is 0 Å². The van der Waals surface area contributed by atoms with Crippen molar-refractivity contribution in [1.29, 1.82) is 0 Å². The van der Waals surface area contributed by atoms with Crippen molar-refractivity contribution in [3.8, 4) is 0 Å². The summed E-state index contributed by atoms with van der Waals surface area (Å²) in [6.07, 6.45) is 0. The molecule has 0 spiro atoms. The van der Waals surface area contributed by atoms with Gasteiger partial charge in [0.05, 0.1) is 5.69 Å². The smallest absolute Gasteiger partial charge is 0.339 e. The number of urea groups is 1. The molecule has 28 heavy (non-hydrogen) atoms. The number of halogens is 2. The molecule has 1 fully saturated rings. The third-order valence-electron chi connectivity index (χ3n) is 4.55. The molecule has 1 saturated heterocycles. The predicted molar refractivity (Wildman–Crippen MR) is 98.5 cm³/mol. The quantitative estimate of drug-likeness (QED) is 0.704. The number of hydrogen-bond acceptors (Lipinski definition) is 3. The number of benzene rings is 3. The summed E-state index contributed by atoms with van der Waals surface area (Å²) in [5.41, 5.74) is -1.93. The fourth-order valence-electron chi connectivity index (χ4n) is 3.21. The first-order chi connectivity index (χ1) is 13.4. The summed E-state index contributed by atoms with van der Waals surface area (Å²) in [4.78, 5) is 28.0. The van der Waals surface area contributed by atoms with Crippen molar-refractivity contribution in [1.82, 2.24) is 0 Å². The van der Waals surface area contributed by atoms with Gasteiger partial charge < -0.3 is 5.11 Å². The van der Waals surface area contributed by atoms with Gasteiger partial charge in [0.2, 0.25) is 0 Å². The van der Waals surface area contributed by atoms with Crippen molar-refractivity contribution in [2.45, 2.75) is 5.72 Å². The zero-order chi connectivity index (χ0) is 19.9. The summed E-state index contributed by atoms with van der Waals surface area (Å²) >= 11 is 0. The highest BCUT2D eigenvalue weighted by molar-refractivity contribution is 6.29. The van der Waals surface area contributed by atoms with Crippen molar-refractivity contribution in [2.24, 2.45) is 0 Å². The van der Waals surface area contributed by atoms with Gasteiger partial charge in [-0.05, 0) is 48.5 Å². The fourth-order valence-corrected chi connectivity index (χ4v) is 3.21. The van der Waals surface area contributed by atoms with Crippen LogP contribution >= 0.6 is 0 Å². The third-order valence-corrected chi connectivity index (χ3v) is 4.55. The maximum absolute atomic E-state index is 13.4. The lowest BCUT2D eigenvalue weighted by molar-refractivity contribution is -0.133. The monoisotopic (exact) mass is 380 g/mol. The van der Waals surface area contributed by atoms with E-state index in [1.165, 1.54) is 36.4 Å². The van der Waals surface area contributed by atoms with Crippen molar-refractivity contribution >= 4 is 23.3 Å². The van der Waals surface area contributed by atoms with Crippen LogP contribution < -0.4 is 9.80 Å². The van der Waals surface area contributed by atoms with Crippen LogP contribution in [-0.4, -0.2) is 17.0 Å². The second kappa shape index (κ2) is 6.54. The zero-order valence-corrected chi connectivity index (χ0v) is 14.4. The van der Waals surface area contributed by atoms with Crippen LogP contribution in [0.4, 0.5) is 25.0 Å². The largest absolute Gasteiger partial charge is 0.359 e. The maximum Gasteiger partial charge on any atom is 0.339 e. The minimum atomic E-state index is -2.34. The van der Waals surface area contributed by atoms with E-state index in [1.807, 2.05) is 0 Å². The first kappa shape index (κ1) is 17.8. The Morgan fingerprint density at radius 3 is 1.75 bits per heavy atom. The average molecular weight is 380 g/mol. The van der Waals surface area contributed by atoms with Crippen LogP contribution in [0.1, 0.15) is 5.56 Å². The molecule has 0 aromatic heterocycles. The molecule has 0 bridgehead atoms. The number of amides is 3. The van der Waals surface area contributed by atoms with Crippen molar-refractivity contribution in [3.63, 3.8) is 0 Å². The molecule has 3 amide bonds. The predicted octanol–water partition coefficient (Wildman–Crippen LogP) is 3.78. The highest BCUT2D eigenvalue weighted by Gasteiger charge is 2.59. The number of carbonyl (C=O) groups is 2. The van der Waals surface area contributed by atoms with Crippen LogP contribution in [0.3, 0.4) is 0 Å². The van der Waals surface area contributed by atoms with Gasteiger partial charge >= 0.3 is 6.03 Å². The van der Waals surface area contributed by atoms with E-state index in [9.17, 15) is 23.5 Å². The zero-order valence-electron chi connectivity index (χ0n) is 14.4. The molecule has 7 heteroatoms. The Labute approximate surface area is 159 Å². The van der Waals surface area contributed by atoms with E-state index in [-0.39, 0.29) is 16.9 Å². The van der Waals surface area contributed by atoms with Gasteiger partial charge in [-0.25, -0.2) is 18.5 Å². The normalized spacial score (nSPS) is 19.4. The molecule has 0 radical (unpaired) electrons. The van der Waals surface area contributed by atoms with E-state index < -0.39 is 29.3 Å². The molecule has 1 aliphatic rings. The van der Waals surface area contributed by atoms with Crippen LogP contribution in [0.2, 0.25) is 0 Å².